The Morgan fingerprint density at radius 2 is 1.53 bits per heavy atom. The molecule has 3 amide bonds. The van der Waals surface area contributed by atoms with Gasteiger partial charge in [0, 0.05) is 37.2 Å². The minimum Gasteiger partial charge on any atom is -0.354 e. The summed E-state index contributed by atoms with van der Waals surface area (Å²) in [6.45, 7) is 6.99. The quantitative estimate of drug-likeness (QED) is 0.723. The number of nitrogens with zero attached hydrogens (tertiary/aromatic N) is 1. The highest BCUT2D eigenvalue weighted by atomic mass is 16.2. The molecule has 1 aliphatic heterocycles. The lowest BCUT2D eigenvalue weighted by atomic mass is 10.0. The van der Waals surface area contributed by atoms with E-state index in [0.29, 0.717) is 25.2 Å². The van der Waals surface area contributed by atoms with Gasteiger partial charge in [0.25, 0.3) is 5.91 Å². The fourth-order valence-electron chi connectivity index (χ4n) is 3.58. The molecular weight excluding hydrogens is 378 g/mol. The van der Waals surface area contributed by atoms with Crippen LogP contribution in [-0.4, -0.2) is 47.8 Å². The third-order valence-corrected chi connectivity index (χ3v) is 5.27. The Balaban J connectivity index is 1.43. The molecule has 2 aromatic carbocycles. The molecule has 0 saturated carbocycles. The Labute approximate surface area is 177 Å². The van der Waals surface area contributed by atoms with Crippen LogP contribution in [0.3, 0.4) is 0 Å². The fourth-order valence-corrected chi connectivity index (χ4v) is 3.58. The molecule has 1 atom stereocenters. The van der Waals surface area contributed by atoms with Gasteiger partial charge < -0.3 is 15.5 Å². The Hall–Kier alpha value is -3.15. The van der Waals surface area contributed by atoms with Crippen molar-refractivity contribution in [3.05, 3.63) is 60.2 Å². The van der Waals surface area contributed by atoms with Crippen molar-refractivity contribution in [2.45, 2.75) is 32.7 Å². The number of hydrogen-bond acceptors (Lipinski definition) is 3. The van der Waals surface area contributed by atoms with Gasteiger partial charge >= 0.3 is 0 Å². The van der Waals surface area contributed by atoms with Crippen molar-refractivity contribution >= 4 is 17.7 Å². The van der Waals surface area contributed by atoms with E-state index in [9.17, 15) is 14.4 Å². The standard InChI is InChI=1S/C24H29N3O3/c1-24(2,3)27-16-20(15-21(27)28)23(30)26-14-13-25-22(29)19-11-9-18(10-12-19)17-7-5-4-6-8-17/h4-12,20H,13-16H2,1-3H3,(H,25,29)(H,26,30). The van der Waals surface area contributed by atoms with Crippen LogP contribution >= 0.6 is 0 Å². The lowest BCUT2D eigenvalue weighted by Crippen LogP contribution is -2.43. The second kappa shape index (κ2) is 9.11. The SMILES string of the molecule is CC(C)(C)N1CC(C(=O)NCCNC(=O)c2ccc(-c3ccccc3)cc2)CC1=O. The molecule has 3 rings (SSSR count). The lowest BCUT2D eigenvalue weighted by molar-refractivity contribution is -0.132. The van der Waals surface area contributed by atoms with Crippen LogP contribution in [0.25, 0.3) is 11.1 Å². The number of benzene rings is 2. The van der Waals surface area contributed by atoms with Gasteiger partial charge in [0.2, 0.25) is 11.8 Å². The molecule has 1 aliphatic rings. The summed E-state index contributed by atoms with van der Waals surface area (Å²) >= 11 is 0. The zero-order valence-corrected chi connectivity index (χ0v) is 17.8. The van der Waals surface area contributed by atoms with Crippen LogP contribution in [-0.2, 0) is 9.59 Å². The first-order chi connectivity index (χ1) is 14.3. The lowest BCUT2D eigenvalue weighted by Gasteiger charge is -2.31. The minimum absolute atomic E-state index is 0.00917. The molecule has 0 bridgehead atoms. The second-order valence-corrected chi connectivity index (χ2v) is 8.57. The molecule has 1 unspecified atom stereocenters. The minimum atomic E-state index is -0.335. The molecule has 0 radical (unpaired) electrons. The Morgan fingerprint density at radius 3 is 2.13 bits per heavy atom. The Kier molecular flexibility index (Phi) is 6.55. The van der Waals surface area contributed by atoms with Gasteiger partial charge in [-0.25, -0.2) is 0 Å². The van der Waals surface area contributed by atoms with E-state index in [1.807, 2.05) is 63.2 Å². The summed E-state index contributed by atoms with van der Waals surface area (Å²) in [7, 11) is 0. The highest BCUT2D eigenvalue weighted by Crippen LogP contribution is 2.25. The van der Waals surface area contributed by atoms with Crippen molar-refractivity contribution < 1.29 is 14.4 Å². The summed E-state index contributed by atoms with van der Waals surface area (Å²) in [5.41, 5.74) is 2.44. The largest absolute Gasteiger partial charge is 0.354 e. The van der Waals surface area contributed by atoms with E-state index in [2.05, 4.69) is 10.6 Å². The topological polar surface area (TPSA) is 78.5 Å². The molecule has 0 aliphatic carbocycles. The molecule has 1 fully saturated rings. The Morgan fingerprint density at radius 1 is 0.933 bits per heavy atom. The first-order valence-electron chi connectivity index (χ1n) is 10.3. The number of hydrogen-bond donors (Lipinski definition) is 2. The molecule has 6 nitrogen and oxygen atoms in total. The molecule has 0 aromatic heterocycles. The normalized spacial score (nSPS) is 16.4. The first-order valence-corrected chi connectivity index (χ1v) is 10.3. The van der Waals surface area contributed by atoms with E-state index in [0.717, 1.165) is 11.1 Å². The number of nitrogens with one attached hydrogen (secondary N) is 2. The van der Waals surface area contributed by atoms with E-state index in [-0.39, 0.29) is 35.6 Å². The number of likely N-dealkylation sites (tertiary alicyclic amines) is 1. The maximum absolute atomic E-state index is 12.3. The molecule has 2 aromatic rings. The average molecular weight is 408 g/mol. The maximum Gasteiger partial charge on any atom is 0.251 e. The van der Waals surface area contributed by atoms with Crippen LogP contribution in [0.1, 0.15) is 37.6 Å². The third-order valence-electron chi connectivity index (χ3n) is 5.27. The van der Waals surface area contributed by atoms with Gasteiger partial charge in [0.05, 0.1) is 5.92 Å². The van der Waals surface area contributed by atoms with Crippen LogP contribution in [0.5, 0.6) is 0 Å². The van der Waals surface area contributed by atoms with Gasteiger partial charge in [-0.15, -0.1) is 0 Å². The maximum atomic E-state index is 12.3. The molecule has 6 heteroatoms. The third kappa shape index (κ3) is 5.26. The van der Waals surface area contributed by atoms with Crippen LogP contribution in [0.2, 0.25) is 0 Å². The molecule has 30 heavy (non-hydrogen) atoms. The van der Waals surface area contributed by atoms with Crippen molar-refractivity contribution in [3.63, 3.8) is 0 Å². The first kappa shape index (κ1) is 21.6. The molecule has 2 N–H and O–H groups in total. The number of carbonyl (C=O) groups excluding carboxylic acids is 3. The highest BCUT2D eigenvalue weighted by molar-refractivity contribution is 5.94. The number of amides is 3. The van der Waals surface area contributed by atoms with E-state index >= 15 is 0 Å². The van der Waals surface area contributed by atoms with E-state index in [1.165, 1.54) is 0 Å². The summed E-state index contributed by atoms with van der Waals surface area (Å²) in [6, 6.07) is 17.4. The molecule has 1 saturated heterocycles. The second-order valence-electron chi connectivity index (χ2n) is 8.57. The van der Waals surface area contributed by atoms with Crippen LogP contribution in [0.4, 0.5) is 0 Å². The predicted molar refractivity (Wildman–Crippen MR) is 117 cm³/mol. The monoisotopic (exact) mass is 407 g/mol. The average Bonchev–Trinajstić information content (AvgIpc) is 3.14. The van der Waals surface area contributed by atoms with Gasteiger partial charge in [0.1, 0.15) is 0 Å². The van der Waals surface area contributed by atoms with Crippen LogP contribution in [0, 0.1) is 5.92 Å². The highest BCUT2D eigenvalue weighted by Gasteiger charge is 2.39. The predicted octanol–water partition coefficient (Wildman–Crippen LogP) is 2.85. The molecule has 0 spiro atoms. The van der Waals surface area contributed by atoms with E-state index in [1.54, 1.807) is 17.0 Å². The van der Waals surface area contributed by atoms with Gasteiger partial charge in [-0.1, -0.05) is 42.5 Å². The zero-order chi connectivity index (χ0) is 21.7. The Bertz CT molecular complexity index is 902. The van der Waals surface area contributed by atoms with E-state index < -0.39 is 0 Å². The van der Waals surface area contributed by atoms with Crippen molar-refractivity contribution in [1.29, 1.82) is 0 Å². The van der Waals surface area contributed by atoms with Crippen molar-refractivity contribution in [3.8, 4) is 11.1 Å². The molecule has 1 heterocycles. The van der Waals surface area contributed by atoms with Gasteiger partial charge in [-0.3, -0.25) is 14.4 Å². The number of rotatable bonds is 6. The number of carbonyl (C=O) groups is 3. The van der Waals surface area contributed by atoms with E-state index in [4.69, 9.17) is 0 Å². The summed E-state index contributed by atoms with van der Waals surface area (Å²) in [6.07, 6.45) is 0.239. The summed E-state index contributed by atoms with van der Waals surface area (Å²) in [5, 5.41) is 5.64. The van der Waals surface area contributed by atoms with Crippen molar-refractivity contribution in [2.75, 3.05) is 19.6 Å². The van der Waals surface area contributed by atoms with Gasteiger partial charge in [-0.2, -0.15) is 0 Å². The van der Waals surface area contributed by atoms with Crippen molar-refractivity contribution in [2.24, 2.45) is 5.92 Å². The van der Waals surface area contributed by atoms with Gasteiger partial charge in [-0.05, 0) is 44.0 Å². The van der Waals surface area contributed by atoms with Crippen LogP contribution < -0.4 is 10.6 Å². The van der Waals surface area contributed by atoms with Crippen LogP contribution in [0.15, 0.2) is 54.6 Å². The molecular formula is C24H29N3O3. The summed E-state index contributed by atoms with van der Waals surface area (Å²) in [5.74, 6) is -0.650. The summed E-state index contributed by atoms with van der Waals surface area (Å²) in [4.78, 5) is 38.5. The zero-order valence-electron chi connectivity index (χ0n) is 17.8. The van der Waals surface area contributed by atoms with Gasteiger partial charge in [0.15, 0.2) is 0 Å². The molecule has 158 valence electrons. The fraction of sp³-hybridized carbons (Fsp3) is 0.375. The van der Waals surface area contributed by atoms with Crippen molar-refractivity contribution in [1.82, 2.24) is 15.5 Å². The smallest absolute Gasteiger partial charge is 0.251 e. The summed E-state index contributed by atoms with van der Waals surface area (Å²) < 4.78 is 0.